The van der Waals surface area contributed by atoms with Crippen molar-refractivity contribution in [2.45, 2.75) is 52.4 Å². The zero-order valence-electron chi connectivity index (χ0n) is 12.1. The molecule has 0 amide bonds. The van der Waals surface area contributed by atoms with E-state index in [1.165, 1.54) is 19.5 Å². The van der Waals surface area contributed by atoms with Crippen LogP contribution in [0.1, 0.15) is 51.3 Å². The predicted molar refractivity (Wildman–Crippen MR) is 85.0 cm³/mol. The van der Waals surface area contributed by atoms with E-state index in [0.717, 1.165) is 0 Å². The summed E-state index contributed by atoms with van der Waals surface area (Å²) in [6, 6.07) is 9.08. The van der Waals surface area contributed by atoms with Crippen LogP contribution >= 0.6 is 22.7 Å². The average Bonchev–Trinajstić information content (AvgIpc) is 2.84. The second kappa shape index (κ2) is 4.50. The van der Waals surface area contributed by atoms with Crippen molar-refractivity contribution in [3.8, 4) is 9.75 Å². The first-order valence-electron chi connectivity index (χ1n) is 6.39. The smallest absolute Gasteiger partial charge is 0.0445 e. The fourth-order valence-corrected chi connectivity index (χ4v) is 3.96. The van der Waals surface area contributed by atoms with E-state index in [-0.39, 0.29) is 10.8 Å². The van der Waals surface area contributed by atoms with Crippen LogP contribution < -0.4 is 0 Å². The molecule has 0 atom stereocenters. The van der Waals surface area contributed by atoms with Gasteiger partial charge in [-0.25, -0.2) is 0 Å². The molecule has 2 aromatic heterocycles. The van der Waals surface area contributed by atoms with Gasteiger partial charge >= 0.3 is 0 Å². The monoisotopic (exact) mass is 278 g/mol. The fourth-order valence-electron chi connectivity index (χ4n) is 1.75. The topological polar surface area (TPSA) is 0 Å². The Bertz CT molecular complexity index is 480. The first-order chi connectivity index (χ1) is 8.18. The summed E-state index contributed by atoms with van der Waals surface area (Å²) in [5, 5.41) is 0. The molecule has 0 N–H and O–H groups in total. The third-order valence-corrected chi connectivity index (χ3v) is 6.15. The predicted octanol–water partition coefficient (Wildman–Crippen LogP) is 6.07. The molecule has 0 bridgehead atoms. The van der Waals surface area contributed by atoms with Gasteiger partial charge in [0, 0.05) is 19.5 Å². The van der Waals surface area contributed by atoms with E-state index in [0.29, 0.717) is 0 Å². The highest BCUT2D eigenvalue weighted by Gasteiger charge is 2.19. The summed E-state index contributed by atoms with van der Waals surface area (Å²) in [5.74, 6) is 0. The maximum Gasteiger partial charge on any atom is 0.0445 e. The van der Waals surface area contributed by atoms with Crippen molar-refractivity contribution in [3.63, 3.8) is 0 Å². The lowest BCUT2D eigenvalue weighted by Gasteiger charge is -2.15. The van der Waals surface area contributed by atoms with Gasteiger partial charge in [-0.05, 0) is 35.1 Å². The standard InChI is InChI=1S/C16H22S2/c1-15(2,3)13-9-7-11(17-13)12-8-10-14(18-12)16(4,5)6/h7-10H,1-6H3. The van der Waals surface area contributed by atoms with Gasteiger partial charge in [-0.2, -0.15) is 0 Å². The average molecular weight is 278 g/mol. The lowest BCUT2D eigenvalue weighted by atomic mass is 9.95. The second-order valence-electron chi connectivity index (χ2n) is 6.83. The lowest BCUT2D eigenvalue weighted by Crippen LogP contribution is -2.07. The van der Waals surface area contributed by atoms with Crippen LogP contribution in [0.4, 0.5) is 0 Å². The highest BCUT2D eigenvalue weighted by atomic mass is 32.1. The van der Waals surface area contributed by atoms with Gasteiger partial charge in [-0.15, -0.1) is 22.7 Å². The molecule has 0 spiro atoms. The van der Waals surface area contributed by atoms with E-state index >= 15 is 0 Å². The SMILES string of the molecule is CC(C)(C)c1ccc(-c2ccc(C(C)(C)C)s2)s1. The van der Waals surface area contributed by atoms with Crippen LogP contribution in [0.3, 0.4) is 0 Å². The zero-order valence-corrected chi connectivity index (χ0v) is 13.8. The van der Waals surface area contributed by atoms with E-state index in [1.54, 1.807) is 0 Å². The molecule has 0 radical (unpaired) electrons. The summed E-state index contributed by atoms with van der Waals surface area (Å²) in [7, 11) is 0. The van der Waals surface area contributed by atoms with Crippen LogP contribution in [0.5, 0.6) is 0 Å². The fraction of sp³-hybridized carbons (Fsp3) is 0.500. The van der Waals surface area contributed by atoms with Crippen LogP contribution in [0, 0.1) is 0 Å². The first kappa shape index (κ1) is 13.8. The Morgan fingerprint density at radius 3 is 1.17 bits per heavy atom. The maximum atomic E-state index is 2.28. The molecule has 0 fully saturated rings. The van der Waals surface area contributed by atoms with Crippen molar-refractivity contribution < 1.29 is 0 Å². The van der Waals surface area contributed by atoms with Crippen LogP contribution in [0.15, 0.2) is 24.3 Å². The Labute approximate surface area is 119 Å². The van der Waals surface area contributed by atoms with Gasteiger partial charge in [0.1, 0.15) is 0 Å². The Balaban J connectivity index is 2.33. The zero-order chi connectivity index (χ0) is 13.6. The molecule has 0 aliphatic carbocycles. The van der Waals surface area contributed by atoms with Crippen LogP contribution in [-0.2, 0) is 10.8 Å². The van der Waals surface area contributed by atoms with Crippen molar-refractivity contribution >= 4 is 22.7 Å². The summed E-state index contributed by atoms with van der Waals surface area (Å²) in [6.07, 6.45) is 0. The number of rotatable bonds is 1. The molecule has 0 aliphatic rings. The molecule has 2 rings (SSSR count). The van der Waals surface area contributed by atoms with Crippen molar-refractivity contribution in [3.05, 3.63) is 34.0 Å². The molecular formula is C16H22S2. The second-order valence-corrected chi connectivity index (χ2v) is 9.00. The summed E-state index contributed by atoms with van der Waals surface area (Å²) in [5.41, 5.74) is 0.514. The Hall–Kier alpha value is -0.600. The van der Waals surface area contributed by atoms with E-state index < -0.39 is 0 Å². The summed E-state index contributed by atoms with van der Waals surface area (Å²) >= 11 is 3.85. The van der Waals surface area contributed by atoms with Gasteiger partial charge in [0.15, 0.2) is 0 Å². The molecule has 0 saturated heterocycles. The number of hydrogen-bond acceptors (Lipinski definition) is 2. The largest absolute Gasteiger partial charge is 0.139 e. The molecule has 98 valence electrons. The minimum atomic E-state index is 0.257. The first-order valence-corrected chi connectivity index (χ1v) is 8.02. The molecule has 0 aromatic carbocycles. The third kappa shape index (κ3) is 2.86. The molecule has 0 aliphatic heterocycles. The number of thiophene rings is 2. The Morgan fingerprint density at radius 1 is 0.611 bits per heavy atom. The third-order valence-electron chi connectivity index (χ3n) is 2.93. The van der Waals surface area contributed by atoms with Crippen molar-refractivity contribution in [2.24, 2.45) is 0 Å². The van der Waals surface area contributed by atoms with Gasteiger partial charge < -0.3 is 0 Å². The molecule has 0 unspecified atom stereocenters. The van der Waals surface area contributed by atoms with Gasteiger partial charge in [-0.3, -0.25) is 0 Å². The molecule has 0 nitrogen and oxygen atoms in total. The molecule has 2 heterocycles. The summed E-state index contributed by atoms with van der Waals surface area (Å²) in [6.45, 7) is 13.7. The minimum Gasteiger partial charge on any atom is -0.139 e. The Kier molecular flexibility index (Phi) is 3.46. The van der Waals surface area contributed by atoms with Crippen LogP contribution in [-0.4, -0.2) is 0 Å². The van der Waals surface area contributed by atoms with Gasteiger partial charge in [-0.1, -0.05) is 41.5 Å². The summed E-state index contributed by atoms with van der Waals surface area (Å²) in [4.78, 5) is 5.73. The normalized spacial score (nSPS) is 13.0. The minimum absolute atomic E-state index is 0.257. The number of hydrogen-bond donors (Lipinski definition) is 0. The maximum absolute atomic E-state index is 2.28. The van der Waals surface area contributed by atoms with E-state index in [4.69, 9.17) is 0 Å². The highest BCUT2D eigenvalue weighted by molar-refractivity contribution is 7.22. The van der Waals surface area contributed by atoms with Crippen molar-refractivity contribution in [1.29, 1.82) is 0 Å². The van der Waals surface area contributed by atoms with E-state index in [1.807, 2.05) is 22.7 Å². The molecule has 0 saturated carbocycles. The lowest BCUT2D eigenvalue weighted by molar-refractivity contribution is 0.603. The van der Waals surface area contributed by atoms with E-state index in [2.05, 4.69) is 65.8 Å². The Morgan fingerprint density at radius 2 is 0.944 bits per heavy atom. The van der Waals surface area contributed by atoms with Gasteiger partial charge in [0.2, 0.25) is 0 Å². The van der Waals surface area contributed by atoms with Gasteiger partial charge in [0.25, 0.3) is 0 Å². The van der Waals surface area contributed by atoms with Crippen molar-refractivity contribution in [1.82, 2.24) is 0 Å². The molecular weight excluding hydrogens is 256 g/mol. The summed E-state index contributed by atoms with van der Waals surface area (Å²) < 4.78 is 0. The molecule has 2 aromatic rings. The van der Waals surface area contributed by atoms with Gasteiger partial charge in [0.05, 0.1) is 0 Å². The quantitative estimate of drug-likeness (QED) is 0.593. The van der Waals surface area contributed by atoms with Crippen LogP contribution in [0.2, 0.25) is 0 Å². The van der Waals surface area contributed by atoms with Crippen molar-refractivity contribution in [2.75, 3.05) is 0 Å². The highest BCUT2D eigenvalue weighted by Crippen LogP contribution is 2.40. The molecule has 18 heavy (non-hydrogen) atoms. The van der Waals surface area contributed by atoms with E-state index in [9.17, 15) is 0 Å². The van der Waals surface area contributed by atoms with Crippen LogP contribution in [0.25, 0.3) is 9.75 Å². The molecule has 2 heteroatoms.